The van der Waals surface area contributed by atoms with Crippen LogP contribution in [-0.2, 0) is 11.2 Å². The Morgan fingerprint density at radius 2 is 1.94 bits per heavy atom. The zero-order valence-electron chi connectivity index (χ0n) is 16.9. The SMILES string of the molecule is N#CC(=Cc1cc(OCCC(=O)NCCc2ccccc2)ccc1F)c1ccccn1. The van der Waals surface area contributed by atoms with Gasteiger partial charge in [-0.15, -0.1) is 0 Å². The van der Waals surface area contributed by atoms with Crippen molar-refractivity contribution in [2.45, 2.75) is 12.8 Å². The summed E-state index contributed by atoms with van der Waals surface area (Å²) in [6, 6.07) is 21.4. The molecule has 1 heterocycles. The molecule has 6 heteroatoms. The van der Waals surface area contributed by atoms with Gasteiger partial charge in [0.05, 0.1) is 24.3 Å². The minimum atomic E-state index is -0.477. The van der Waals surface area contributed by atoms with Crippen LogP contribution >= 0.6 is 0 Å². The van der Waals surface area contributed by atoms with Gasteiger partial charge in [0.25, 0.3) is 0 Å². The Labute approximate surface area is 180 Å². The highest BCUT2D eigenvalue weighted by molar-refractivity contribution is 5.88. The van der Waals surface area contributed by atoms with Crippen molar-refractivity contribution in [3.63, 3.8) is 0 Å². The number of benzene rings is 2. The van der Waals surface area contributed by atoms with Crippen LogP contribution in [0.1, 0.15) is 23.2 Å². The number of nitrogens with one attached hydrogen (secondary N) is 1. The molecule has 156 valence electrons. The van der Waals surface area contributed by atoms with Crippen molar-refractivity contribution >= 4 is 17.6 Å². The summed E-state index contributed by atoms with van der Waals surface area (Å²) in [5.74, 6) is -0.169. The topological polar surface area (TPSA) is 75.0 Å². The van der Waals surface area contributed by atoms with Crippen molar-refractivity contribution in [3.8, 4) is 11.8 Å². The fourth-order valence-electron chi connectivity index (χ4n) is 2.90. The highest BCUT2D eigenvalue weighted by atomic mass is 19.1. The van der Waals surface area contributed by atoms with Gasteiger partial charge in [-0.3, -0.25) is 9.78 Å². The first kappa shape index (κ1) is 21.7. The second kappa shape index (κ2) is 11.3. The molecule has 3 aromatic rings. The van der Waals surface area contributed by atoms with Crippen molar-refractivity contribution in [1.82, 2.24) is 10.3 Å². The number of nitriles is 1. The number of ether oxygens (including phenoxy) is 1. The minimum absolute atomic E-state index is 0.111. The highest BCUT2D eigenvalue weighted by Crippen LogP contribution is 2.22. The highest BCUT2D eigenvalue weighted by Gasteiger charge is 2.08. The van der Waals surface area contributed by atoms with E-state index in [0.29, 0.717) is 18.0 Å². The maximum absolute atomic E-state index is 14.2. The number of rotatable bonds is 9. The van der Waals surface area contributed by atoms with E-state index in [4.69, 9.17) is 4.74 Å². The molecule has 0 fully saturated rings. The Balaban J connectivity index is 1.53. The molecule has 0 spiro atoms. The number of aromatic nitrogens is 1. The van der Waals surface area contributed by atoms with Gasteiger partial charge in [0, 0.05) is 18.3 Å². The third kappa shape index (κ3) is 6.79. The molecule has 1 aromatic heterocycles. The van der Waals surface area contributed by atoms with E-state index in [2.05, 4.69) is 10.3 Å². The summed E-state index contributed by atoms with van der Waals surface area (Å²) in [5.41, 5.74) is 2.08. The molecular weight excluding hydrogens is 393 g/mol. The maximum Gasteiger partial charge on any atom is 0.223 e. The van der Waals surface area contributed by atoms with Gasteiger partial charge in [-0.2, -0.15) is 5.26 Å². The van der Waals surface area contributed by atoms with Crippen molar-refractivity contribution in [1.29, 1.82) is 5.26 Å². The predicted octanol–water partition coefficient (Wildman–Crippen LogP) is 4.41. The number of hydrogen-bond acceptors (Lipinski definition) is 4. The van der Waals surface area contributed by atoms with Crippen LogP contribution in [0.4, 0.5) is 4.39 Å². The van der Waals surface area contributed by atoms with E-state index < -0.39 is 5.82 Å². The van der Waals surface area contributed by atoms with E-state index in [1.54, 1.807) is 24.4 Å². The molecule has 0 unspecified atom stereocenters. The first-order chi connectivity index (χ1) is 15.2. The molecule has 0 radical (unpaired) electrons. The molecule has 1 N–H and O–H groups in total. The third-order valence-corrected chi connectivity index (χ3v) is 4.51. The summed E-state index contributed by atoms with van der Waals surface area (Å²) in [7, 11) is 0. The van der Waals surface area contributed by atoms with Crippen LogP contribution in [-0.4, -0.2) is 24.0 Å². The Kier molecular flexibility index (Phi) is 7.90. The lowest BCUT2D eigenvalue weighted by Gasteiger charge is -2.09. The Morgan fingerprint density at radius 1 is 1.13 bits per heavy atom. The summed E-state index contributed by atoms with van der Waals surface area (Å²) in [6.45, 7) is 0.718. The Bertz CT molecular complexity index is 1080. The number of carbonyl (C=O) groups excluding carboxylic acids is 1. The lowest BCUT2D eigenvalue weighted by molar-refractivity contribution is -0.121. The van der Waals surface area contributed by atoms with E-state index in [0.717, 1.165) is 12.0 Å². The molecular formula is C25H22FN3O2. The van der Waals surface area contributed by atoms with Crippen LogP contribution in [0.25, 0.3) is 11.6 Å². The molecule has 0 saturated heterocycles. The van der Waals surface area contributed by atoms with Gasteiger partial charge in [0.1, 0.15) is 17.6 Å². The summed E-state index contributed by atoms with van der Waals surface area (Å²) in [5, 5.41) is 12.2. The van der Waals surface area contributed by atoms with Gasteiger partial charge >= 0.3 is 0 Å². The van der Waals surface area contributed by atoms with Crippen LogP contribution in [0.5, 0.6) is 5.75 Å². The van der Waals surface area contributed by atoms with Gasteiger partial charge in [-0.05, 0) is 48.4 Å². The third-order valence-electron chi connectivity index (χ3n) is 4.51. The molecule has 0 saturated carbocycles. The van der Waals surface area contributed by atoms with Crippen LogP contribution in [0, 0.1) is 17.1 Å². The van der Waals surface area contributed by atoms with E-state index in [1.807, 2.05) is 36.4 Å². The van der Waals surface area contributed by atoms with Crippen molar-refractivity contribution in [2.75, 3.05) is 13.2 Å². The molecule has 0 aliphatic rings. The number of pyridine rings is 1. The second-order valence-corrected chi connectivity index (χ2v) is 6.75. The average Bonchev–Trinajstić information content (AvgIpc) is 2.80. The molecule has 3 rings (SSSR count). The lowest BCUT2D eigenvalue weighted by atomic mass is 10.1. The normalized spacial score (nSPS) is 10.9. The number of amides is 1. The van der Waals surface area contributed by atoms with Crippen molar-refractivity contribution < 1.29 is 13.9 Å². The van der Waals surface area contributed by atoms with Gasteiger partial charge < -0.3 is 10.1 Å². The maximum atomic E-state index is 14.2. The fraction of sp³-hybridized carbons (Fsp3) is 0.160. The number of carbonyl (C=O) groups is 1. The first-order valence-corrected chi connectivity index (χ1v) is 9.92. The lowest BCUT2D eigenvalue weighted by Crippen LogP contribution is -2.27. The Hall–Kier alpha value is -3.98. The quantitative estimate of drug-likeness (QED) is 0.525. The first-order valence-electron chi connectivity index (χ1n) is 9.92. The minimum Gasteiger partial charge on any atom is -0.493 e. The summed E-state index contributed by atoms with van der Waals surface area (Å²) in [4.78, 5) is 16.1. The summed E-state index contributed by atoms with van der Waals surface area (Å²) in [6.07, 6.45) is 3.95. The summed E-state index contributed by atoms with van der Waals surface area (Å²) < 4.78 is 19.8. The smallest absolute Gasteiger partial charge is 0.223 e. The van der Waals surface area contributed by atoms with Crippen LogP contribution in [0.2, 0.25) is 0 Å². The molecule has 2 aromatic carbocycles. The molecule has 1 amide bonds. The van der Waals surface area contributed by atoms with Gasteiger partial charge in [-0.25, -0.2) is 4.39 Å². The van der Waals surface area contributed by atoms with Crippen LogP contribution < -0.4 is 10.1 Å². The molecule has 0 bridgehead atoms. The number of halogens is 1. The monoisotopic (exact) mass is 415 g/mol. The average molecular weight is 415 g/mol. The van der Waals surface area contributed by atoms with Gasteiger partial charge in [-0.1, -0.05) is 36.4 Å². The van der Waals surface area contributed by atoms with Crippen LogP contribution in [0.3, 0.4) is 0 Å². The molecule has 5 nitrogen and oxygen atoms in total. The van der Waals surface area contributed by atoms with E-state index in [9.17, 15) is 14.4 Å². The molecule has 0 atom stereocenters. The van der Waals surface area contributed by atoms with Crippen molar-refractivity contribution in [2.24, 2.45) is 0 Å². The molecule has 0 aliphatic heterocycles. The number of hydrogen-bond donors (Lipinski definition) is 1. The summed E-state index contributed by atoms with van der Waals surface area (Å²) >= 11 is 0. The Morgan fingerprint density at radius 3 is 2.68 bits per heavy atom. The van der Waals surface area contributed by atoms with Crippen molar-refractivity contribution in [3.05, 3.63) is 95.6 Å². The predicted molar refractivity (Wildman–Crippen MR) is 117 cm³/mol. The number of allylic oxidation sites excluding steroid dienone is 1. The van der Waals surface area contributed by atoms with Crippen LogP contribution in [0.15, 0.2) is 72.9 Å². The fourth-order valence-corrected chi connectivity index (χ4v) is 2.90. The van der Waals surface area contributed by atoms with E-state index >= 15 is 0 Å². The van der Waals surface area contributed by atoms with E-state index in [1.165, 1.54) is 24.3 Å². The zero-order valence-corrected chi connectivity index (χ0v) is 16.9. The van der Waals surface area contributed by atoms with E-state index in [-0.39, 0.29) is 30.1 Å². The van der Waals surface area contributed by atoms with Gasteiger partial charge in [0.2, 0.25) is 5.91 Å². The zero-order chi connectivity index (χ0) is 21.9. The number of nitrogens with zero attached hydrogens (tertiary/aromatic N) is 2. The largest absolute Gasteiger partial charge is 0.493 e. The molecule has 31 heavy (non-hydrogen) atoms. The second-order valence-electron chi connectivity index (χ2n) is 6.75. The van der Waals surface area contributed by atoms with Gasteiger partial charge in [0.15, 0.2) is 0 Å². The molecule has 0 aliphatic carbocycles. The standard InChI is InChI=1S/C25H22FN3O2/c26-23-10-9-22(17-20(23)16-21(18-27)24-8-4-5-13-28-24)31-15-12-25(30)29-14-11-19-6-2-1-3-7-19/h1-10,13,16-17H,11-12,14-15H2,(H,29,30).